The minimum atomic E-state index is -0.503. The van der Waals surface area contributed by atoms with E-state index in [0.717, 1.165) is 11.3 Å². The molecule has 6 nitrogen and oxygen atoms in total. The van der Waals surface area contributed by atoms with Gasteiger partial charge >= 0.3 is 0 Å². The highest BCUT2D eigenvalue weighted by atomic mass is 32.2. The Hall–Kier alpha value is -2.41. The lowest BCUT2D eigenvalue weighted by Crippen LogP contribution is -2.15. The Morgan fingerprint density at radius 1 is 1.30 bits per heavy atom. The molecule has 0 spiro atoms. The SMILES string of the molecule is CC(C)c1ccccc1NC(=O)CSc1ccc([N+](=O)[O-])cn1. The normalized spacial score (nSPS) is 10.6. The standard InChI is InChI=1S/C16H17N3O3S/c1-11(2)13-5-3-4-6-14(13)18-15(20)10-23-16-8-7-12(9-17-16)19(21)22/h3-9,11H,10H2,1-2H3,(H,18,20). The van der Waals surface area contributed by atoms with Gasteiger partial charge in [0.15, 0.2) is 0 Å². The van der Waals surface area contributed by atoms with Crippen molar-refractivity contribution in [2.75, 3.05) is 11.1 Å². The summed E-state index contributed by atoms with van der Waals surface area (Å²) in [6.45, 7) is 4.14. The lowest BCUT2D eigenvalue weighted by Gasteiger charge is -2.13. The molecule has 1 N–H and O–H groups in total. The molecule has 0 aliphatic rings. The first-order valence-corrected chi connectivity index (χ1v) is 8.08. The van der Waals surface area contributed by atoms with E-state index in [9.17, 15) is 14.9 Å². The molecule has 1 amide bonds. The van der Waals surface area contributed by atoms with Gasteiger partial charge in [0.05, 0.1) is 15.7 Å². The molecule has 23 heavy (non-hydrogen) atoms. The largest absolute Gasteiger partial charge is 0.325 e. The molecule has 1 aromatic carbocycles. The van der Waals surface area contributed by atoms with Crippen LogP contribution in [-0.2, 0) is 4.79 Å². The topological polar surface area (TPSA) is 85.1 Å². The van der Waals surface area contributed by atoms with Crippen LogP contribution in [0.25, 0.3) is 0 Å². The van der Waals surface area contributed by atoms with Crippen LogP contribution in [0.15, 0.2) is 47.6 Å². The van der Waals surface area contributed by atoms with Gasteiger partial charge in [0.1, 0.15) is 6.20 Å². The number of pyridine rings is 1. The molecule has 2 aromatic rings. The second kappa shape index (κ2) is 7.73. The van der Waals surface area contributed by atoms with Crippen molar-refractivity contribution in [1.29, 1.82) is 0 Å². The van der Waals surface area contributed by atoms with E-state index in [0.29, 0.717) is 10.9 Å². The van der Waals surface area contributed by atoms with E-state index in [1.54, 1.807) is 0 Å². The number of amides is 1. The number of para-hydroxylation sites is 1. The lowest BCUT2D eigenvalue weighted by atomic mass is 10.0. The molecule has 0 atom stereocenters. The van der Waals surface area contributed by atoms with Crippen LogP contribution in [0, 0.1) is 10.1 Å². The summed E-state index contributed by atoms with van der Waals surface area (Å²) in [5.41, 5.74) is 1.83. The van der Waals surface area contributed by atoms with Gasteiger partial charge in [-0.15, -0.1) is 0 Å². The monoisotopic (exact) mass is 331 g/mol. The van der Waals surface area contributed by atoms with Crippen LogP contribution in [0.2, 0.25) is 0 Å². The first-order chi connectivity index (χ1) is 11.0. The fourth-order valence-corrected chi connectivity index (χ4v) is 2.65. The zero-order valence-corrected chi connectivity index (χ0v) is 13.7. The highest BCUT2D eigenvalue weighted by Gasteiger charge is 2.11. The van der Waals surface area contributed by atoms with E-state index in [4.69, 9.17) is 0 Å². The highest BCUT2D eigenvalue weighted by molar-refractivity contribution is 7.99. The molecule has 1 heterocycles. The van der Waals surface area contributed by atoms with Crippen molar-refractivity contribution < 1.29 is 9.72 Å². The van der Waals surface area contributed by atoms with Crippen LogP contribution < -0.4 is 5.32 Å². The summed E-state index contributed by atoms with van der Waals surface area (Å²) in [4.78, 5) is 26.1. The van der Waals surface area contributed by atoms with Gasteiger partial charge in [-0.25, -0.2) is 4.98 Å². The molecule has 0 aliphatic carbocycles. The van der Waals surface area contributed by atoms with Crippen LogP contribution in [0.4, 0.5) is 11.4 Å². The van der Waals surface area contributed by atoms with Crippen molar-refractivity contribution in [3.63, 3.8) is 0 Å². The number of nitrogens with one attached hydrogen (secondary N) is 1. The van der Waals surface area contributed by atoms with Gasteiger partial charge in [0, 0.05) is 11.8 Å². The summed E-state index contributed by atoms with van der Waals surface area (Å²) in [5, 5.41) is 14.0. The van der Waals surface area contributed by atoms with E-state index >= 15 is 0 Å². The molecule has 0 fully saturated rings. The fourth-order valence-electron chi connectivity index (χ4n) is 2.01. The van der Waals surface area contributed by atoms with Crippen molar-refractivity contribution in [1.82, 2.24) is 4.98 Å². The minimum Gasteiger partial charge on any atom is -0.325 e. The molecule has 7 heteroatoms. The van der Waals surface area contributed by atoms with Gasteiger partial charge in [-0.05, 0) is 23.6 Å². The molecular formula is C16H17N3O3S. The predicted octanol–water partition coefficient (Wildman–Crippen LogP) is 3.84. The maximum atomic E-state index is 12.1. The number of anilines is 1. The maximum Gasteiger partial charge on any atom is 0.287 e. The summed E-state index contributed by atoms with van der Waals surface area (Å²) in [6.07, 6.45) is 1.19. The van der Waals surface area contributed by atoms with E-state index in [1.807, 2.05) is 24.3 Å². The number of thioether (sulfide) groups is 1. The Labute approximate surface area is 138 Å². The molecular weight excluding hydrogens is 314 g/mol. The molecule has 0 aliphatic heterocycles. The first kappa shape index (κ1) is 17.0. The lowest BCUT2D eigenvalue weighted by molar-refractivity contribution is -0.385. The minimum absolute atomic E-state index is 0.0651. The summed E-state index contributed by atoms with van der Waals surface area (Å²) in [6, 6.07) is 10.6. The first-order valence-electron chi connectivity index (χ1n) is 7.09. The van der Waals surface area contributed by atoms with E-state index < -0.39 is 4.92 Å². The number of rotatable bonds is 6. The number of nitro groups is 1. The molecule has 2 rings (SSSR count). The third kappa shape index (κ3) is 4.79. The second-order valence-electron chi connectivity index (χ2n) is 5.19. The van der Waals surface area contributed by atoms with Crippen molar-refractivity contribution >= 4 is 29.0 Å². The van der Waals surface area contributed by atoms with Crippen molar-refractivity contribution in [3.8, 4) is 0 Å². The predicted molar refractivity (Wildman–Crippen MR) is 90.8 cm³/mol. The van der Waals surface area contributed by atoms with Gasteiger partial charge in [0.25, 0.3) is 5.69 Å². The maximum absolute atomic E-state index is 12.1. The van der Waals surface area contributed by atoms with Crippen LogP contribution in [0.3, 0.4) is 0 Å². The van der Waals surface area contributed by atoms with E-state index in [2.05, 4.69) is 24.1 Å². The quantitative estimate of drug-likeness (QED) is 0.494. The molecule has 1 aromatic heterocycles. The number of carbonyl (C=O) groups excluding carboxylic acids is 1. The number of hydrogen-bond acceptors (Lipinski definition) is 5. The van der Waals surface area contributed by atoms with Crippen molar-refractivity contribution in [2.45, 2.75) is 24.8 Å². The number of benzene rings is 1. The zero-order chi connectivity index (χ0) is 16.8. The molecule has 0 saturated carbocycles. The Balaban J connectivity index is 1.94. The van der Waals surface area contributed by atoms with Gasteiger partial charge in [-0.2, -0.15) is 0 Å². The fraction of sp³-hybridized carbons (Fsp3) is 0.250. The Bertz CT molecular complexity index is 702. The van der Waals surface area contributed by atoms with Crippen LogP contribution in [-0.4, -0.2) is 21.6 Å². The molecule has 0 bridgehead atoms. The van der Waals surface area contributed by atoms with Gasteiger partial charge < -0.3 is 5.32 Å². The summed E-state index contributed by atoms with van der Waals surface area (Å²) >= 11 is 1.24. The van der Waals surface area contributed by atoms with E-state index in [1.165, 1.54) is 30.1 Å². The van der Waals surface area contributed by atoms with Gasteiger partial charge in [-0.3, -0.25) is 14.9 Å². The summed E-state index contributed by atoms with van der Waals surface area (Å²) in [5.74, 6) is 0.371. The molecule has 0 radical (unpaired) electrons. The third-order valence-corrected chi connectivity index (χ3v) is 4.08. The number of hydrogen-bond donors (Lipinski definition) is 1. The van der Waals surface area contributed by atoms with Crippen LogP contribution in [0.5, 0.6) is 0 Å². The Morgan fingerprint density at radius 2 is 2.04 bits per heavy atom. The summed E-state index contributed by atoms with van der Waals surface area (Å²) < 4.78 is 0. The summed E-state index contributed by atoms with van der Waals surface area (Å²) in [7, 11) is 0. The van der Waals surface area contributed by atoms with Crippen molar-refractivity contribution in [3.05, 3.63) is 58.3 Å². The molecule has 0 saturated heterocycles. The Kier molecular flexibility index (Phi) is 5.70. The average molecular weight is 331 g/mol. The number of nitrogens with zero attached hydrogens (tertiary/aromatic N) is 2. The van der Waals surface area contributed by atoms with E-state index in [-0.39, 0.29) is 17.3 Å². The number of aromatic nitrogens is 1. The molecule has 0 unspecified atom stereocenters. The second-order valence-corrected chi connectivity index (χ2v) is 6.19. The zero-order valence-electron chi connectivity index (χ0n) is 12.9. The van der Waals surface area contributed by atoms with Crippen molar-refractivity contribution in [2.24, 2.45) is 0 Å². The van der Waals surface area contributed by atoms with Crippen LogP contribution in [0.1, 0.15) is 25.3 Å². The smallest absolute Gasteiger partial charge is 0.287 e. The highest BCUT2D eigenvalue weighted by Crippen LogP contribution is 2.24. The van der Waals surface area contributed by atoms with Crippen LogP contribution >= 0.6 is 11.8 Å². The third-order valence-electron chi connectivity index (χ3n) is 3.14. The van der Waals surface area contributed by atoms with Gasteiger partial charge in [-0.1, -0.05) is 43.8 Å². The number of carbonyl (C=O) groups is 1. The Morgan fingerprint density at radius 3 is 2.65 bits per heavy atom. The average Bonchev–Trinajstić information content (AvgIpc) is 2.53. The van der Waals surface area contributed by atoms with Gasteiger partial charge in [0.2, 0.25) is 5.91 Å². The molecule has 120 valence electrons.